The van der Waals surface area contributed by atoms with Crippen molar-refractivity contribution in [1.82, 2.24) is 14.5 Å². The highest BCUT2D eigenvalue weighted by Crippen LogP contribution is 2.45. The lowest BCUT2D eigenvalue weighted by Gasteiger charge is -2.37. The summed E-state index contributed by atoms with van der Waals surface area (Å²) in [5.74, 6) is 0.438. The number of aliphatic imine (C=N–C) groups is 1. The average Bonchev–Trinajstić information content (AvgIpc) is 3.46. The lowest BCUT2D eigenvalue weighted by atomic mass is 9.74. The minimum Gasteiger partial charge on any atom is -0.493 e. The quantitative estimate of drug-likeness (QED) is 0.318. The normalized spacial score (nSPS) is 20.1. The second kappa shape index (κ2) is 12.7. The molecule has 0 unspecified atom stereocenters. The summed E-state index contributed by atoms with van der Waals surface area (Å²) in [5, 5.41) is 10.3. The molecule has 0 bridgehead atoms. The SMILES string of the molecule is CCOc1cc2c(cc1OC)C(c1ccc(-n3ccnc3)nc1)=N[C@@H]1CC[C@@H](O)C[C@H]21.O=S(=O)(O)CCS(=O)(=O)O. The van der Waals surface area contributed by atoms with Crippen LogP contribution in [0.3, 0.4) is 0 Å². The Labute approximate surface area is 238 Å². The van der Waals surface area contributed by atoms with E-state index in [0.717, 1.165) is 46.8 Å². The number of hydrogen-bond donors (Lipinski definition) is 3. The van der Waals surface area contributed by atoms with E-state index in [2.05, 4.69) is 16.0 Å². The van der Waals surface area contributed by atoms with Gasteiger partial charge < -0.3 is 14.6 Å². The first-order valence-corrected chi connectivity index (χ1v) is 16.1. The Morgan fingerprint density at radius 1 is 1.05 bits per heavy atom. The summed E-state index contributed by atoms with van der Waals surface area (Å²) in [4.78, 5) is 13.9. The third kappa shape index (κ3) is 7.89. The van der Waals surface area contributed by atoms with Gasteiger partial charge in [0.05, 0.1) is 43.1 Å². The summed E-state index contributed by atoms with van der Waals surface area (Å²) >= 11 is 0. The average molecular weight is 609 g/mol. The van der Waals surface area contributed by atoms with Gasteiger partial charge in [-0.25, -0.2) is 9.97 Å². The molecule has 1 aliphatic heterocycles. The predicted molar refractivity (Wildman–Crippen MR) is 150 cm³/mol. The first kappa shape index (κ1) is 30.6. The van der Waals surface area contributed by atoms with Crippen LogP contribution in [0.15, 0.2) is 54.2 Å². The minimum absolute atomic E-state index is 0.141. The maximum atomic E-state index is 10.3. The molecule has 2 aliphatic rings. The number of hydrogen-bond acceptors (Lipinski definition) is 10. The van der Waals surface area contributed by atoms with Crippen molar-refractivity contribution in [2.24, 2.45) is 4.99 Å². The topological polar surface area (TPSA) is 190 Å². The molecule has 1 aliphatic carbocycles. The molecule has 1 aromatic carbocycles. The van der Waals surface area contributed by atoms with Crippen molar-refractivity contribution >= 4 is 25.9 Å². The highest BCUT2D eigenvalue weighted by atomic mass is 32.2. The molecule has 5 rings (SSSR count). The van der Waals surface area contributed by atoms with E-state index in [1.165, 1.54) is 0 Å². The fourth-order valence-corrected chi connectivity index (χ4v) is 6.57. The van der Waals surface area contributed by atoms with Crippen molar-refractivity contribution in [3.63, 3.8) is 0 Å². The highest BCUT2D eigenvalue weighted by molar-refractivity contribution is 7.89. The Morgan fingerprint density at radius 3 is 2.34 bits per heavy atom. The first-order valence-electron chi connectivity index (χ1n) is 12.8. The van der Waals surface area contributed by atoms with Crippen LogP contribution in [0.1, 0.15) is 48.8 Å². The third-order valence-corrected chi connectivity index (χ3v) is 8.46. The second-order valence-corrected chi connectivity index (χ2v) is 12.7. The van der Waals surface area contributed by atoms with Crippen molar-refractivity contribution in [2.45, 2.75) is 44.2 Å². The van der Waals surface area contributed by atoms with Crippen molar-refractivity contribution < 1.29 is 40.5 Å². The molecule has 0 spiro atoms. The van der Waals surface area contributed by atoms with Crippen LogP contribution in [0.25, 0.3) is 5.82 Å². The molecule has 2 aromatic heterocycles. The number of ether oxygens (including phenoxy) is 2. The molecule has 15 heteroatoms. The van der Waals surface area contributed by atoms with Crippen molar-refractivity contribution in [1.29, 1.82) is 0 Å². The van der Waals surface area contributed by atoms with Gasteiger partial charge in [-0.2, -0.15) is 16.8 Å². The van der Waals surface area contributed by atoms with E-state index >= 15 is 0 Å². The molecular formula is C26H32N4O9S2. The maximum absolute atomic E-state index is 10.3. The summed E-state index contributed by atoms with van der Waals surface area (Å²) in [6.45, 7) is 2.53. The van der Waals surface area contributed by atoms with E-state index in [-0.39, 0.29) is 18.1 Å². The summed E-state index contributed by atoms with van der Waals surface area (Å²) in [7, 11) is -6.94. The Balaban J connectivity index is 0.000000334. The van der Waals surface area contributed by atoms with Gasteiger partial charge in [-0.1, -0.05) is 0 Å². The van der Waals surface area contributed by atoms with E-state index in [1.54, 1.807) is 19.6 Å². The van der Waals surface area contributed by atoms with Gasteiger partial charge in [-0.15, -0.1) is 0 Å². The molecule has 3 atom stereocenters. The molecule has 13 nitrogen and oxygen atoms in total. The van der Waals surface area contributed by atoms with Crippen molar-refractivity contribution in [3.8, 4) is 17.3 Å². The lowest BCUT2D eigenvalue weighted by molar-refractivity contribution is 0.111. The largest absolute Gasteiger partial charge is 0.493 e. The van der Waals surface area contributed by atoms with Crippen LogP contribution < -0.4 is 9.47 Å². The Kier molecular flexibility index (Phi) is 9.44. The zero-order valence-electron chi connectivity index (χ0n) is 22.5. The molecule has 0 radical (unpaired) electrons. The van der Waals surface area contributed by atoms with E-state index in [0.29, 0.717) is 18.8 Å². The van der Waals surface area contributed by atoms with Crippen LogP contribution in [0.2, 0.25) is 0 Å². The van der Waals surface area contributed by atoms with Gasteiger partial charge in [0, 0.05) is 35.6 Å². The summed E-state index contributed by atoms with van der Waals surface area (Å²) in [5.41, 5.74) is 4.06. The van der Waals surface area contributed by atoms with Gasteiger partial charge in [-0.3, -0.25) is 18.7 Å². The Hall–Kier alpha value is -3.37. The van der Waals surface area contributed by atoms with Crippen LogP contribution in [0, 0.1) is 0 Å². The number of nitrogens with zero attached hydrogens (tertiary/aromatic N) is 4. The number of benzene rings is 1. The second-order valence-electron chi connectivity index (χ2n) is 9.59. The van der Waals surface area contributed by atoms with E-state index < -0.39 is 31.7 Å². The molecule has 3 heterocycles. The standard InChI is InChI=1S/C24H26N4O3.C2H6O6S2/c1-3-31-22-11-17-18-10-16(29)5-6-20(18)27-24(19(17)12-21(22)30-2)15-4-7-23(26-13-15)28-9-8-25-14-28;3-9(4,5)1-2-10(6,7)8/h4,7-9,11-14,16,18,20,29H,3,5-6,10H2,1-2H3;1-2H2,(H,3,4,5)(H,6,7,8)/t16-,18-,20-;/m1./s1. The molecular weight excluding hydrogens is 576 g/mol. The number of aromatic nitrogens is 3. The summed E-state index contributed by atoms with van der Waals surface area (Å²) < 4.78 is 68.7. The van der Waals surface area contributed by atoms with E-state index in [9.17, 15) is 21.9 Å². The minimum atomic E-state index is -4.30. The number of imidazole rings is 1. The maximum Gasteiger partial charge on any atom is 0.265 e. The van der Waals surface area contributed by atoms with Crippen molar-refractivity contribution in [2.75, 3.05) is 25.2 Å². The highest BCUT2D eigenvalue weighted by Gasteiger charge is 2.37. The van der Waals surface area contributed by atoms with Gasteiger partial charge in [0.1, 0.15) is 12.1 Å². The van der Waals surface area contributed by atoms with Gasteiger partial charge in [0.2, 0.25) is 0 Å². The van der Waals surface area contributed by atoms with Crippen LogP contribution in [0.4, 0.5) is 0 Å². The Bertz CT molecular complexity index is 1560. The monoisotopic (exact) mass is 608 g/mol. The van der Waals surface area contributed by atoms with Gasteiger partial charge in [-0.05, 0) is 56.0 Å². The molecule has 41 heavy (non-hydrogen) atoms. The molecule has 0 amide bonds. The zero-order chi connectivity index (χ0) is 29.8. The number of rotatable bonds is 8. The van der Waals surface area contributed by atoms with Crippen molar-refractivity contribution in [3.05, 3.63) is 65.9 Å². The molecule has 1 saturated carbocycles. The lowest BCUT2D eigenvalue weighted by Crippen LogP contribution is -2.34. The fraction of sp³-hybridized carbons (Fsp3) is 0.423. The summed E-state index contributed by atoms with van der Waals surface area (Å²) in [6, 6.07) is 8.25. The molecule has 0 saturated heterocycles. The van der Waals surface area contributed by atoms with Crippen LogP contribution in [-0.2, 0) is 20.2 Å². The number of aliphatic hydroxyl groups excluding tert-OH is 1. The van der Waals surface area contributed by atoms with Crippen LogP contribution >= 0.6 is 0 Å². The van der Waals surface area contributed by atoms with E-state index in [4.69, 9.17) is 23.6 Å². The van der Waals surface area contributed by atoms with Gasteiger partial charge in [0.25, 0.3) is 20.2 Å². The fourth-order valence-electron chi connectivity index (χ4n) is 4.89. The molecule has 3 aromatic rings. The predicted octanol–water partition coefficient (Wildman–Crippen LogP) is 2.28. The smallest absolute Gasteiger partial charge is 0.265 e. The first-order chi connectivity index (χ1) is 19.4. The zero-order valence-corrected chi connectivity index (χ0v) is 24.1. The molecule has 1 fully saturated rings. The van der Waals surface area contributed by atoms with Gasteiger partial charge in [0.15, 0.2) is 11.5 Å². The number of methoxy groups -OCH3 is 1. The number of fused-ring (bicyclic) bond motifs is 3. The number of aliphatic hydroxyl groups is 1. The van der Waals surface area contributed by atoms with Crippen LogP contribution in [-0.4, -0.2) is 88.7 Å². The van der Waals surface area contributed by atoms with Gasteiger partial charge >= 0.3 is 0 Å². The third-order valence-electron chi connectivity index (χ3n) is 6.76. The Morgan fingerprint density at radius 2 is 1.78 bits per heavy atom. The summed E-state index contributed by atoms with van der Waals surface area (Å²) in [6.07, 6.45) is 9.26. The number of pyridine rings is 1. The molecule has 3 N–H and O–H groups in total. The molecule has 222 valence electrons. The van der Waals surface area contributed by atoms with E-state index in [1.807, 2.05) is 42.1 Å². The van der Waals surface area contributed by atoms with Crippen LogP contribution in [0.5, 0.6) is 11.5 Å².